The van der Waals surface area contributed by atoms with Gasteiger partial charge in [0.15, 0.2) is 0 Å². The summed E-state index contributed by atoms with van der Waals surface area (Å²) in [4.78, 5) is 11.1. The van der Waals surface area contributed by atoms with Crippen LogP contribution in [0.2, 0.25) is 0 Å². The van der Waals surface area contributed by atoms with E-state index in [2.05, 4.69) is 0 Å². The van der Waals surface area contributed by atoms with E-state index in [0.717, 1.165) is 6.42 Å². The molecule has 0 unspecified atom stereocenters. The van der Waals surface area contributed by atoms with Crippen LogP contribution in [0.5, 0.6) is 0 Å². The molecule has 62 valence electrons. The third-order valence-electron chi connectivity index (χ3n) is 3.07. The zero-order valence-electron chi connectivity index (χ0n) is 6.23. The number of Topliss-reactive ketones (excluding diaryl/α,β-unsaturated/α-hetero) is 1. The zero-order chi connectivity index (χ0) is 8.01. The minimum Gasteiger partial charge on any atom is -0.396 e. The van der Waals surface area contributed by atoms with Crippen LogP contribution in [0, 0.1) is 17.8 Å². The molecule has 0 aromatic rings. The van der Waals surface area contributed by atoms with Crippen LogP contribution >= 0.6 is 0 Å². The molecule has 0 spiro atoms. The molecule has 3 nitrogen and oxygen atoms in total. The van der Waals surface area contributed by atoms with Gasteiger partial charge in [0.25, 0.3) is 0 Å². The van der Waals surface area contributed by atoms with Gasteiger partial charge in [-0.05, 0) is 18.3 Å². The van der Waals surface area contributed by atoms with Gasteiger partial charge in [-0.1, -0.05) is 0 Å². The number of hydrogen-bond acceptors (Lipinski definition) is 3. The Morgan fingerprint density at radius 2 is 2.27 bits per heavy atom. The molecule has 0 radical (unpaired) electrons. The molecule has 2 fully saturated rings. The van der Waals surface area contributed by atoms with Gasteiger partial charge in [-0.2, -0.15) is 0 Å². The van der Waals surface area contributed by atoms with Crippen molar-refractivity contribution in [2.45, 2.75) is 18.9 Å². The number of aliphatic hydroxyl groups excluding tert-OH is 2. The van der Waals surface area contributed by atoms with Gasteiger partial charge >= 0.3 is 0 Å². The molecular formula is C8H12O3. The number of fused-ring (bicyclic) bond motifs is 1. The molecule has 11 heavy (non-hydrogen) atoms. The van der Waals surface area contributed by atoms with Crippen molar-refractivity contribution in [1.82, 2.24) is 0 Å². The normalized spacial score (nSPS) is 48.7. The number of carbonyl (C=O) groups is 1. The molecule has 2 rings (SSSR count). The number of aliphatic hydroxyl groups is 2. The maximum absolute atomic E-state index is 11.1. The highest BCUT2D eigenvalue weighted by atomic mass is 16.3. The van der Waals surface area contributed by atoms with Crippen LogP contribution in [0.3, 0.4) is 0 Å². The second kappa shape index (κ2) is 2.29. The van der Waals surface area contributed by atoms with Crippen LogP contribution in [0.15, 0.2) is 0 Å². The van der Waals surface area contributed by atoms with E-state index in [1.54, 1.807) is 0 Å². The first-order valence-electron chi connectivity index (χ1n) is 4.05. The molecule has 0 aromatic carbocycles. The largest absolute Gasteiger partial charge is 0.396 e. The van der Waals surface area contributed by atoms with Crippen molar-refractivity contribution in [2.75, 3.05) is 6.61 Å². The van der Waals surface area contributed by atoms with Crippen molar-refractivity contribution in [1.29, 1.82) is 0 Å². The Balaban J connectivity index is 2.09. The average molecular weight is 156 g/mol. The molecular weight excluding hydrogens is 144 g/mol. The Labute approximate surface area is 65.0 Å². The van der Waals surface area contributed by atoms with Crippen LogP contribution in [0.4, 0.5) is 0 Å². The van der Waals surface area contributed by atoms with Gasteiger partial charge in [0.05, 0.1) is 6.10 Å². The fourth-order valence-corrected chi connectivity index (χ4v) is 2.39. The minimum absolute atomic E-state index is 0.0714. The van der Waals surface area contributed by atoms with E-state index in [1.807, 2.05) is 0 Å². The van der Waals surface area contributed by atoms with Gasteiger partial charge in [0.2, 0.25) is 0 Å². The van der Waals surface area contributed by atoms with E-state index in [1.165, 1.54) is 0 Å². The molecule has 2 aliphatic rings. The van der Waals surface area contributed by atoms with Crippen molar-refractivity contribution >= 4 is 5.78 Å². The summed E-state index contributed by atoms with van der Waals surface area (Å²) < 4.78 is 0. The van der Waals surface area contributed by atoms with E-state index in [-0.39, 0.29) is 30.1 Å². The van der Waals surface area contributed by atoms with Gasteiger partial charge in [-0.3, -0.25) is 4.79 Å². The van der Waals surface area contributed by atoms with Crippen LogP contribution in [-0.4, -0.2) is 28.7 Å². The van der Waals surface area contributed by atoms with Crippen molar-refractivity contribution in [2.24, 2.45) is 17.8 Å². The fraction of sp³-hybridized carbons (Fsp3) is 0.875. The lowest BCUT2D eigenvalue weighted by Crippen LogP contribution is -2.42. The van der Waals surface area contributed by atoms with E-state index in [9.17, 15) is 9.90 Å². The van der Waals surface area contributed by atoms with Gasteiger partial charge in [0.1, 0.15) is 5.78 Å². The second-order valence-corrected chi connectivity index (χ2v) is 3.60. The predicted octanol–water partition coefficient (Wildman–Crippen LogP) is -0.435. The van der Waals surface area contributed by atoms with E-state index < -0.39 is 6.10 Å². The van der Waals surface area contributed by atoms with Crippen LogP contribution in [0.25, 0.3) is 0 Å². The SMILES string of the molecule is O=C1C[C@H](O)[C@@H]2[C@H](CO)C[C@H]12. The van der Waals surface area contributed by atoms with Crippen LogP contribution in [0.1, 0.15) is 12.8 Å². The molecule has 3 heteroatoms. The molecule has 4 atom stereocenters. The lowest BCUT2D eigenvalue weighted by Gasteiger charge is -2.39. The first-order chi connectivity index (χ1) is 5.24. The van der Waals surface area contributed by atoms with E-state index in [0.29, 0.717) is 6.42 Å². The molecule has 2 aliphatic carbocycles. The summed E-state index contributed by atoms with van der Waals surface area (Å²) in [5.41, 5.74) is 0. The number of ketones is 1. The molecule has 0 aliphatic heterocycles. The topological polar surface area (TPSA) is 57.5 Å². The number of carbonyl (C=O) groups excluding carboxylic acids is 1. The first-order valence-corrected chi connectivity index (χ1v) is 4.05. The number of rotatable bonds is 1. The fourth-order valence-electron chi connectivity index (χ4n) is 2.39. The Morgan fingerprint density at radius 3 is 2.82 bits per heavy atom. The lowest BCUT2D eigenvalue weighted by atomic mass is 9.66. The van der Waals surface area contributed by atoms with Gasteiger partial charge in [0, 0.05) is 18.9 Å². The summed E-state index contributed by atoms with van der Waals surface area (Å²) in [6.07, 6.45) is 0.626. The summed E-state index contributed by atoms with van der Waals surface area (Å²) in [6, 6.07) is 0. The molecule has 0 aromatic heterocycles. The Morgan fingerprint density at radius 1 is 1.55 bits per heavy atom. The summed E-state index contributed by atoms with van der Waals surface area (Å²) in [6.45, 7) is 0.117. The highest BCUT2D eigenvalue weighted by Gasteiger charge is 2.53. The van der Waals surface area contributed by atoms with Crippen molar-refractivity contribution in [3.8, 4) is 0 Å². The van der Waals surface area contributed by atoms with Gasteiger partial charge < -0.3 is 10.2 Å². The Bertz CT molecular complexity index is 190. The molecule has 2 N–H and O–H groups in total. The zero-order valence-corrected chi connectivity index (χ0v) is 6.23. The molecule has 0 heterocycles. The Hall–Kier alpha value is -0.410. The first kappa shape index (κ1) is 7.25. The lowest BCUT2D eigenvalue weighted by molar-refractivity contribution is -0.126. The molecule has 0 saturated heterocycles. The summed E-state index contributed by atoms with van der Waals surface area (Å²) >= 11 is 0. The van der Waals surface area contributed by atoms with Gasteiger partial charge in [-0.15, -0.1) is 0 Å². The van der Waals surface area contributed by atoms with Crippen molar-refractivity contribution in [3.63, 3.8) is 0 Å². The van der Waals surface area contributed by atoms with Crippen LogP contribution in [-0.2, 0) is 4.79 Å². The highest BCUT2D eigenvalue weighted by molar-refractivity contribution is 5.85. The summed E-state index contributed by atoms with van der Waals surface area (Å²) in [5.74, 6) is 0.517. The second-order valence-electron chi connectivity index (χ2n) is 3.60. The summed E-state index contributed by atoms with van der Waals surface area (Å²) in [7, 11) is 0. The van der Waals surface area contributed by atoms with Crippen molar-refractivity contribution in [3.05, 3.63) is 0 Å². The number of hydrogen-bond donors (Lipinski definition) is 2. The maximum atomic E-state index is 11.1. The molecule has 2 saturated carbocycles. The highest BCUT2D eigenvalue weighted by Crippen LogP contribution is 2.48. The third-order valence-corrected chi connectivity index (χ3v) is 3.07. The molecule has 0 amide bonds. The standard InChI is InChI=1S/C8H12O3/c9-3-4-1-5-6(10)2-7(11)8(4)5/h4-5,7-9,11H,1-3H2/t4-,5+,7-,8+/m0/s1. The van der Waals surface area contributed by atoms with E-state index in [4.69, 9.17) is 5.11 Å². The van der Waals surface area contributed by atoms with Crippen LogP contribution < -0.4 is 0 Å². The quantitative estimate of drug-likeness (QED) is 0.541. The maximum Gasteiger partial charge on any atom is 0.138 e. The Kier molecular flexibility index (Phi) is 1.51. The van der Waals surface area contributed by atoms with Gasteiger partial charge in [-0.25, -0.2) is 0 Å². The van der Waals surface area contributed by atoms with Crippen molar-refractivity contribution < 1.29 is 15.0 Å². The monoisotopic (exact) mass is 156 g/mol. The molecule has 0 bridgehead atoms. The average Bonchev–Trinajstić information content (AvgIpc) is 2.03. The predicted molar refractivity (Wildman–Crippen MR) is 37.8 cm³/mol. The minimum atomic E-state index is -0.474. The third kappa shape index (κ3) is 0.844. The summed E-state index contributed by atoms with van der Waals surface area (Å²) in [5, 5.41) is 18.2. The van der Waals surface area contributed by atoms with E-state index >= 15 is 0 Å². The smallest absolute Gasteiger partial charge is 0.138 e.